The van der Waals surface area contributed by atoms with E-state index >= 15 is 0 Å². The van der Waals surface area contributed by atoms with Crippen LogP contribution < -0.4 is 0 Å². The summed E-state index contributed by atoms with van der Waals surface area (Å²) >= 11 is 0. The van der Waals surface area contributed by atoms with Crippen molar-refractivity contribution in [2.45, 2.75) is 0 Å². The zero-order valence-corrected chi connectivity index (χ0v) is 27.5. The SMILES string of the molecule is c1ccc(-c2ccc(-c3ccc4ccc(-c5c6ccccc6c(-c6cccc7ccccc67)c6ccccc56)cc4c3)c3ccccc23)cc1. The van der Waals surface area contributed by atoms with Gasteiger partial charge in [0.25, 0.3) is 0 Å². The zero-order chi connectivity index (χ0) is 33.0. The number of fused-ring (bicyclic) bond motifs is 5. The molecule has 0 heterocycles. The number of benzene rings is 10. The molecule has 0 aliphatic carbocycles. The molecule has 0 aliphatic rings. The molecule has 0 radical (unpaired) electrons. The van der Waals surface area contributed by atoms with Crippen molar-refractivity contribution in [2.24, 2.45) is 0 Å². The highest BCUT2D eigenvalue weighted by molar-refractivity contribution is 6.23. The molecule has 0 aromatic heterocycles. The van der Waals surface area contributed by atoms with E-state index in [1.54, 1.807) is 0 Å². The lowest BCUT2D eigenvalue weighted by molar-refractivity contribution is 1.63. The predicted molar refractivity (Wildman–Crippen MR) is 216 cm³/mol. The van der Waals surface area contributed by atoms with E-state index in [2.05, 4.69) is 194 Å². The van der Waals surface area contributed by atoms with Gasteiger partial charge in [0.1, 0.15) is 0 Å². The van der Waals surface area contributed by atoms with Gasteiger partial charge in [0.15, 0.2) is 0 Å². The fourth-order valence-corrected chi connectivity index (χ4v) is 8.16. The molecular weight excluding hydrogens is 601 g/mol. The summed E-state index contributed by atoms with van der Waals surface area (Å²) in [5.41, 5.74) is 10.1. The lowest BCUT2D eigenvalue weighted by atomic mass is 9.84. The molecule has 10 aromatic rings. The normalized spacial score (nSPS) is 11.6. The van der Waals surface area contributed by atoms with Crippen molar-refractivity contribution in [3.8, 4) is 44.5 Å². The summed E-state index contributed by atoms with van der Waals surface area (Å²) < 4.78 is 0. The first-order valence-electron chi connectivity index (χ1n) is 17.4. The van der Waals surface area contributed by atoms with Gasteiger partial charge in [0, 0.05) is 0 Å². The van der Waals surface area contributed by atoms with Gasteiger partial charge in [-0.2, -0.15) is 0 Å². The third kappa shape index (κ3) is 4.54. The molecule has 0 saturated heterocycles. The van der Waals surface area contributed by atoms with E-state index in [1.165, 1.54) is 98.4 Å². The Labute approximate surface area is 291 Å². The Bertz CT molecular complexity index is 2850. The Hall–Kier alpha value is -6.50. The summed E-state index contributed by atoms with van der Waals surface area (Å²) in [6.45, 7) is 0. The van der Waals surface area contributed by atoms with Crippen LogP contribution in [0.5, 0.6) is 0 Å². The Balaban J connectivity index is 1.18. The number of hydrogen-bond donors (Lipinski definition) is 0. The third-order valence-corrected chi connectivity index (χ3v) is 10.4. The first kappa shape index (κ1) is 28.5. The van der Waals surface area contributed by atoms with E-state index in [9.17, 15) is 0 Å². The fraction of sp³-hybridized carbons (Fsp3) is 0. The second-order valence-corrected chi connectivity index (χ2v) is 13.2. The lowest BCUT2D eigenvalue weighted by Crippen LogP contribution is -1.92. The van der Waals surface area contributed by atoms with Crippen LogP contribution in [-0.4, -0.2) is 0 Å². The minimum atomic E-state index is 1.23. The van der Waals surface area contributed by atoms with Crippen LogP contribution >= 0.6 is 0 Å². The number of hydrogen-bond acceptors (Lipinski definition) is 0. The van der Waals surface area contributed by atoms with Gasteiger partial charge in [-0.25, -0.2) is 0 Å². The average Bonchev–Trinajstić information content (AvgIpc) is 3.19. The standard InChI is InChI=1S/C50H32/c1-2-13-34(14-3-1)40-29-30-41(43-19-7-6-18-42(40)43)36-27-25-33-26-28-37(32-38(33)31-36)49-45-20-8-10-22-47(45)50(48-23-11-9-21-46(48)49)44-24-12-16-35-15-4-5-17-39(35)44/h1-32H. The second kappa shape index (κ2) is 11.6. The topological polar surface area (TPSA) is 0 Å². The monoisotopic (exact) mass is 632 g/mol. The molecule has 0 unspecified atom stereocenters. The smallest absolute Gasteiger partial charge is 0.00201 e. The zero-order valence-electron chi connectivity index (χ0n) is 27.5. The van der Waals surface area contributed by atoms with Crippen LogP contribution in [0.15, 0.2) is 194 Å². The molecule has 0 atom stereocenters. The van der Waals surface area contributed by atoms with Crippen molar-refractivity contribution < 1.29 is 0 Å². The van der Waals surface area contributed by atoms with Gasteiger partial charge in [-0.3, -0.25) is 0 Å². The van der Waals surface area contributed by atoms with E-state index in [0.29, 0.717) is 0 Å². The van der Waals surface area contributed by atoms with Gasteiger partial charge < -0.3 is 0 Å². The molecule has 0 bridgehead atoms. The lowest BCUT2D eigenvalue weighted by Gasteiger charge is -2.19. The Morgan fingerprint density at radius 1 is 0.200 bits per heavy atom. The molecule has 10 aromatic carbocycles. The highest BCUT2D eigenvalue weighted by atomic mass is 14.2. The first-order valence-corrected chi connectivity index (χ1v) is 17.4. The maximum Gasteiger partial charge on any atom is -0.00201 e. The Morgan fingerprint density at radius 2 is 0.680 bits per heavy atom. The van der Waals surface area contributed by atoms with E-state index in [-0.39, 0.29) is 0 Å². The van der Waals surface area contributed by atoms with Gasteiger partial charge >= 0.3 is 0 Å². The molecule has 0 nitrogen and oxygen atoms in total. The summed E-state index contributed by atoms with van der Waals surface area (Å²) in [6.07, 6.45) is 0. The van der Waals surface area contributed by atoms with Crippen LogP contribution in [0, 0.1) is 0 Å². The third-order valence-electron chi connectivity index (χ3n) is 10.4. The quantitative estimate of drug-likeness (QED) is 0.169. The van der Waals surface area contributed by atoms with Crippen LogP contribution in [0.25, 0.3) is 98.4 Å². The van der Waals surface area contributed by atoms with Gasteiger partial charge in [-0.15, -0.1) is 0 Å². The van der Waals surface area contributed by atoms with Gasteiger partial charge in [0.05, 0.1) is 0 Å². The largest absolute Gasteiger partial charge is 0.0622 e. The van der Waals surface area contributed by atoms with Crippen molar-refractivity contribution in [2.75, 3.05) is 0 Å². The molecule has 10 rings (SSSR count). The summed E-state index contributed by atoms with van der Waals surface area (Å²) in [6, 6.07) is 71.3. The van der Waals surface area contributed by atoms with Crippen molar-refractivity contribution in [3.05, 3.63) is 194 Å². The minimum Gasteiger partial charge on any atom is -0.0622 e. The molecule has 50 heavy (non-hydrogen) atoms. The molecule has 232 valence electrons. The molecule has 0 spiro atoms. The fourth-order valence-electron chi connectivity index (χ4n) is 8.16. The first-order chi connectivity index (χ1) is 24.8. The second-order valence-electron chi connectivity index (χ2n) is 13.2. The summed E-state index contributed by atoms with van der Waals surface area (Å²) in [5, 5.41) is 12.6. The highest BCUT2D eigenvalue weighted by Crippen LogP contribution is 2.46. The molecular formula is C50H32. The van der Waals surface area contributed by atoms with Crippen LogP contribution in [0.1, 0.15) is 0 Å². The molecule has 0 heteroatoms. The van der Waals surface area contributed by atoms with E-state index in [1.807, 2.05) is 0 Å². The molecule has 0 fully saturated rings. The van der Waals surface area contributed by atoms with Crippen LogP contribution in [0.3, 0.4) is 0 Å². The van der Waals surface area contributed by atoms with E-state index in [4.69, 9.17) is 0 Å². The summed E-state index contributed by atoms with van der Waals surface area (Å²) in [5.74, 6) is 0. The average molecular weight is 633 g/mol. The molecule has 0 N–H and O–H groups in total. The molecule has 0 saturated carbocycles. The predicted octanol–water partition coefficient (Wildman–Crippen LogP) is 14.1. The minimum absolute atomic E-state index is 1.23. The maximum absolute atomic E-state index is 2.39. The van der Waals surface area contributed by atoms with Crippen LogP contribution in [-0.2, 0) is 0 Å². The Kier molecular flexibility index (Phi) is 6.60. The van der Waals surface area contributed by atoms with Gasteiger partial charge in [0.2, 0.25) is 0 Å². The van der Waals surface area contributed by atoms with Crippen molar-refractivity contribution in [3.63, 3.8) is 0 Å². The van der Waals surface area contributed by atoms with Crippen LogP contribution in [0.4, 0.5) is 0 Å². The Morgan fingerprint density at radius 3 is 1.34 bits per heavy atom. The number of rotatable bonds is 4. The summed E-state index contributed by atoms with van der Waals surface area (Å²) in [7, 11) is 0. The maximum atomic E-state index is 2.39. The van der Waals surface area contributed by atoms with Crippen molar-refractivity contribution in [1.82, 2.24) is 0 Å². The van der Waals surface area contributed by atoms with E-state index < -0.39 is 0 Å². The molecule has 0 aliphatic heterocycles. The summed E-state index contributed by atoms with van der Waals surface area (Å²) in [4.78, 5) is 0. The van der Waals surface area contributed by atoms with Gasteiger partial charge in [-0.1, -0.05) is 182 Å². The highest BCUT2D eigenvalue weighted by Gasteiger charge is 2.18. The van der Waals surface area contributed by atoms with E-state index in [0.717, 1.165) is 0 Å². The van der Waals surface area contributed by atoms with Crippen molar-refractivity contribution >= 4 is 53.9 Å². The van der Waals surface area contributed by atoms with Gasteiger partial charge in [-0.05, 0) is 111 Å². The molecule has 0 amide bonds. The van der Waals surface area contributed by atoms with Crippen molar-refractivity contribution in [1.29, 1.82) is 0 Å². The van der Waals surface area contributed by atoms with Crippen LogP contribution in [0.2, 0.25) is 0 Å².